The highest BCUT2D eigenvalue weighted by Gasteiger charge is 2.43. The van der Waals surface area contributed by atoms with E-state index in [1.807, 2.05) is 5.32 Å². The minimum atomic E-state index is -5.54. The molecular formula is C14H6ClF5N2O5-2. The molecule has 0 atom stereocenters. The van der Waals surface area contributed by atoms with Gasteiger partial charge in [-0.25, -0.2) is 4.98 Å². The number of anilines is 1. The predicted octanol–water partition coefficient (Wildman–Crippen LogP) is 1.32. The molecule has 0 aromatic carbocycles. The number of rotatable bonds is 6. The first-order valence-electron chi connectivity index (χ1n) is 6.75. The van der Waals surface area contributed by atoms with Gasteiger partial charge in [0.05, 0.1) is 41.6 Å². The SMILES string of the molecule is O=C([O-])c1c(C(F)(F)F)nc(C(F)(F)Cl)c(C(=O)[O-])c1NCc1ccco1. The normalized spacial score (nSPS) is 12.1. The van der Waals surface area contributed by atoms with Crippen molar-refractivity contribution >= 4 is 29.2 Å². The summed E-state index contributed by atoms with van der Waals surface area (Å²) in [5.41, 5.74) is -9.16. The average Bonchev–Trinajstić information content (AvgIpc) is 3.02. The van der Waals surface area contributed by atoms with E-state index in [1.165, 1.54) is 12.1 Å². The van der Waals surface area contributed by atoms with Crippen LogP contribution in [0.4, 0.5) is 27.6 Å². The lowest BCUT2D eigenvalue weighted by Crippen LogP contribution is -2.34. The summed E-state index contributed by atoms with van der Waals surface area (Å²) >= 11 is 4.67. The van der Waals surface area contributed by atoms with E-state index in [0.717, 1.165) is 6.26 Å². The number of hydrogen-bond donors (Lipinski definition) is 1. The van der Waals surface area contributed by atoms with Crippen LogP contribution in [0.1, 0.15) is 37.9 Å². The third-order valence-electron chi connectivity index (χ3n) is 3.16. The van der Waals surface area contributed by atoms with Crippen molar-refractivity contribution in [2.75, 3.05) is 5.32 Å². The Kier molecular flexibility index (Phi) is 5.31. The lowest BCUT2D eigenvalue weighted by molar-refractivity contribution is -0.255. The molecule has 2 aromatic rings. The Morgan fingerprint density at radius 3 is 2.07 bits per heavy atom. The first-order chi connectivity index (χ1) is 12.3. The summed E-state index contributed by atoms with van der Waals surface area (Å²) in [6.07, 6.45) is -4.39. The molecule has 0 bridgehead atoms. The van der Waals surface area contributed by atoms with Crippen molar-refractivity contribution in [3.8, 4) is 0 Å². The minimum Gasteiger partial charge on any atom is -0.545 e. The van der Waals surface area contributed by atoms with Gasteiger partial charge in [0.15, 0.2) is 5.69 Å². The van der Waals surface area contributed by atoms with Crippen LogP contribution in [-0.4, -0.2) is 16.9 Å². The van der Waals surface area contributed by atoms with Crippen molar-refractivity contribution in [2.24, 2.45) is 0 Å². The monoisotopic (exact) mass is 412 g/mol. The van der Waals surface area contributed by atoms with Crippen LogP contribution in [0.3, 0.4) is 0 Å². The maximum atomic E-state index is 13.5. The third-order valence-corrected chi connectivity index (χ3v) is 3.34. The fourth-order valence-electron chi connectivity index (χ4n) is 2.16. The number of aromatic carboxylic acids is 2. The molecule has 146 valence electrons. The predicted molar refractivity (Wildman–Crippen MR) is 73.7 cm³/mol. The molecule has 0 aliphatic heterocycles. The van der Waals surface area contributed by atoms with Gasteiger partial charge in [-0.2, -0.15) is 22.0 Å². The molecule has 0 radical (unpaired) electrons. The second-order valence-electron chi connectivity index (χ2n) is 4.94. The topological polar surface area (TPSA) is 118 Å². The van der Waals surface area contributed by atoms with Crippen molar-refractivity contribution in [3.63, 3.8) is 0 Å². The van der Waals surface area contributed by atoms with Gasteiger partial charge in [0.1, 0.15) is 11.5 Å². The number of nitrogens with one attached hydrogen (secondary N) is 1. The van der Waals surface area contributed by atoms with Gasteiger partial charge in [-0.1, -0.05) is 0 Å². The van der Waals surface area contributed by atoms with E-state index in [-0.39, 0.29) is 5.76 Å². The number of halogens is 6. The summed E-state index contributed by atoms with van der Waals surface area (Å²) in [7, 11) is 0. The van der Waals surface area contributed by atoms with Crippen molar-refractivity contribution in [2.45, 2.75) is 18.1 Å². The largest absolute Gasteiger partial charge is 0.545 e. The Hall–Kier alpha value is -2.89. The van der Waals surface area contributed by atoms with Crippen LogP contribution in [0.25, 0.3) is 0 Å². The second kappa shape index (κ2) is 7.02. The van der Waals surface area contributed by atoms with Crippen LogP contribution in [-0.2, 0) is 18.1 Å². The van der Waals surface area contributed by atoms with E-state index in [0.29, 0.717) is 0 Å². The van der Waals surface area contributed by atoms with Crippen molar-refractivity contribution in [1.82, 2.24) is 4.98 Å². The van der Waals surface area contributed by atoms with E-state index in [4.69, 9.17) is 4.42 Å². The number of furan rings is 1. The van der Waals surface area contributed by atoms with Gasteiger partial charge in [-0.15, -0.1) is 0 Å². The Bertz CT molecular complexity index is 827. The molecule has 0 aliphatic rings. The molecular weight excluding hydrogens is 407 g/mol. The van der Waals surface area contributed by atoms with Gasteiger partial charge in [0, 0.05) is 0 Å². The first kappa shape index (κ1) is 20.4. The highest BCUT2D eigenvalue weighted by Crippen LogP contribution is 2.42. The van der Waals surface area contributed by atoms with Gasteiger partial charge in [0.2, 0.25) is 0 Å². The fourth-order valence-corrected chi connectivity index (χ4v) is 2.30. The molecule has 0 saturated carbocycles. The second-order valence-corrected chi connectivity index (χ2v) is 5.41. The molecule has 2 rings (SSSR count). The van der Waals surface area contributed by atoms with Crippen LogP contribution in [0.2, 0.25) is 0 Å². The molecule has 1 N–H and O–H groups in total. The number of hydrogen-bond acceptors (Lipinski definition) is 7. The number of carbonyl (C=O) groups excluding carboxylic acids is 2. The molecule has 7 nitrogen and oxygen atoms in total. The number of nitrogens with zero attached hydrogens (tertiary/aromatic N) is 1. The zero-order chi connectivity index (χ0) is 20.6. The fraction of sp³-hybridized carbons (Fsp3) is 0.214. The lowest BCUT2D eigenvalue weighted by Gasteiger charge is -2.25. The molecule has 13 heteroatoms. The van der Waals surface area contributed by atoms with Crippen LogP contribution in [0.5, 0.6) is 0 Å². The van der Waals surface area contributed by atoms with Crippen molar-refractivity contribution in [3.05, 3.63) is 46.7 Å². The maximum Gasteiger partial charge on any atom is 0.434 e. The first-order valence-corrected chi connectivity index (χ1v) is 7.13. The zero-order valence-electron chi connectivity index (χ0n) is 12.7. The van der Waals surface area contributed by atoms with Gasteiger partial charge in [-0.05, 0) is 23.7 Å². The zero-order valence-corrected chi connectivity index (χ0v) is 13.5. The summed E-state index contributed by atoms with van der Waals surface area (Å²) in [5, 5.41) is 19.8. The van der Waals surface area contributed by atoms with Gasteiger partial charge in [0.25, 0.3) is 0 Å². The van der Waals surface area contributed by atoms with Crippen LogP contribution < -0.4 is 15.5 Å². The third kappa shape index (κ3) is 4.27. The molecule has 2 heterocycles. The van der Waals surface area contributed by atoms with Crippen molar-refractivity contribution in [1.29, 1.82) is 0 Å². The minimum absolute atomic E-state index is 0.0214. The Balaban J connectivity index is 2.84. The number of alkyl halides is 6. The summed E-state index contributed by atoms with van der Waals surface area (Å²) in [5.74, 6) is -4.92. The maximum absolute atomic E-state index is 13.5. The lowest BCUT2D eigenvalue weighted by atomic mass is 10.0. The summed E-state index contributed by atoms with van der Waals surface area (Å²) in [6.45, 7) is -0.553. The Morgan fingerprint density at radius 2 is 1.67 bits per heavy atom. The van der Waals surface area contributed by atoms with Gasteiger partial charge >= 0.3 is 11.6 Å². The highest BCUT2D eigenvalue weighted by atomic mass is 35.5. The van der Waals surface area contributed by atoms with Gasteiger partial charge in [-0.3, -0.25) is 0 Å². The van der Waals surface area contributed by atoms with Crippen LogP contribution in [0, 0.1) is 0 Å². The van der Waals surface area contributed by atoms with E-state index in [2.05, 4.69) is 16.6 Å². The molecule has 0 amide bonds. The molecule has 2 aromatic heterocycles. The molecule has 0 aliphatic carbocycles. The number of pyridine rings is 1. The smallest absolute Gasteiger partial charge is 0.434 e. The number of carboxylic acids is 2. The van der Waals surface area contributed by atoms with Crippen LogP contribution in [0.15, 0.2) is 22.8 Å². The Labute approximate surface area is 151 Å². The molecule has 0 spiro atoms. The number of carbonyl (C=O) groups is 2. The van der Waals surface area contributed by atoms with E-state index in [1.54, 1.807) is 0 Å². The average molecular weight is 413 g/mol. The number of aromatic nitrogens is 1. The van der Waals surface area contributed by atoms with E-state index < -0.39 is 58.2 Å². The van der Waals surface area contributed by atoms with Crippen LogP contribution >= 0.6 is 11.6 Å². The summed E-state index contributed by atoms with van der Waals surface area (Å²) < 4.78 is 71.3. The van der Waals surface area contributed by atoms with E-state index >= 15 is 0 Å². The van der Waals surface area contributed by atoms with E-state index in [9.17, 15) is 41.8 Å². The van der Waals surface area contributed by atoms with Crippen molar-refractivity contribution < 1.29 is 46.2 Å². The Morgan fingerprint density at radius 1 is 1.11 bits per heavy atom. The molecule has 0 saturated heterocycles. The summed E-state index contributed by atoms with van der Waals surface area (Å²) in [4.78, 5) is 25.0. The standard InChI is InChI=1S/C14H8ClF5N2O5/c15-13(16,17)9-6(11(23)24)8(21-4-5-2-1-3-27-5)7(12(25)26)10(22-9)14(18,19)20/h1-3H,4H2,(H,21,22)(H,23,24)(H,25,26)/p-2. The highest BCUT2D eigenvalue weighted by molar-refractivity contribution is 6.22. The quantitative estimate of drug-likeness (QED) is 0.561. The molecule has 27 heavy (non-hydrogen) atoms. The van der Waals surface area contributed by atoms with Gasteiger partial charge < -0.3 is 29.5 Å². The summed E-state index contributed by atoms with van der Waals surface area (Å²) in [6, 6.07) is 2.66. The molecule has 0 fully saturated rings. The number of carboxylic acid groups (broad SMARTS) is 2. The molecule has 0 unspecified atom stereocenters.